The molecule has 7 heteroatoms. The third-order valence-corrected chi connectivity index (χ3v) is 5.19. The highest BCUT2D eigenvalue weighted by atomic mass is 16.5. The lowest BCUT2D eigenvalue weighted by atomic mass is 10.1. The van der Waals surface area contributed by atoms with Crippen molar-refractivity contribution in [3.63, 3.8) is 0 Å². The van der Waals surface area contributed by atoms with Gasteiger partial charge in [-0.05, 0) is 43.2 Å². The van der Waals surface area contributed by atoms with Crippen molar-refractivity contribution in [3.8, 4) is 22.7 Å². The van der Waals surface area contributed by atoms with Crippen molar-refractivity contribution in [1.29, 1.82) is 0 Å². The van der Waals surface area contributed by atoms with Gasteiger partial charge in [0, 0.05) is 25.5 Å². The number of nitrogens with zero attached hydrogens (tertiary/aromatic N) is 3. The third kappa shape index (κ3) is 4.21. The molecule has 1 amide bonds. The summed E-state index contributed by atoms with van der Waals surface area (Å²) in [7, 11) is 1.63. The van der Waals surface area contributed by atoms with Gasteiger partial charge < -0.3 is 14.6 Å². The van der Waals surface area contributed by atoms with Crippen LogP contribution in [-0.4, -0.2) is 33.9 Å². The van der Waals surface area contributed by atoms with Gasteiger partial charge in [0.25, 0.3) is 11.5 Å². The molecule has 0 bridgehead atoms. The lowest BCUT2D eigenvalue weighted by Crippen LogP contribution is -2.27. The molecule has 158 valence electrons. The number of carbonyl (C=O) groups excluding carboxylic acids is 1. The predicted molar refractivity (Wildman–Crippen MR) is 119 cm³/mol. The fourth-order valence-electron chi connectivity index (χ4n) is 3.46. The van der Waals surface area contributed by atoms with E-state index in [4.69, 9.17) is 4.74 Å². The number of ether oxygens (including phenoxy) is 1. The van der Waals surface area contributed by atoms with Crippen molar-refractivity contribution in [3.05, 3.63) is 88.5 Å². The number of benzene rings is 2. The van der Waals surface area contributed by atoms with Crippen LogP contribution in [0.3, 0.4) is 0 Å². The van der Waals surface area contributed by atoms with Gasteiger partial charge in [0.05, 0.1) is 23.9 Å². The molecule has 0 saturated carbocycles. The minimum atomic E-state index is -0.251. The van der Waals surface area contributed by atoms with Gasteiger partial charge >= 0.3 is 0 Å². The number of pyridine rings is 1. The summed E-state index contributed by atoms with van der Waals surface area (Å²) in [6.45, 7) is 3.07. The number of amides is 1. The Morgan fingerprint density at radius 3 is 2.48 bits per heavy atom. The molecule has 1 N–H and O–H groups in total. The fraction of sp³-hybridized carbons (Fsp3) is 0.208. The number of para-hydroxylation sites is 1. The van der Waals surface area contributed by atoms with E-state index in [1.807, 2.05) is 66.1 Å². The second-order valence-corrected chi connectivity index (χ2v) is 7.17. The van der Waals surface area contributed by atoms with Crippen LogP contribution in [0.4, 0.5) is 0 Å². The maximum absolute atomic E-state index is 13.0. The second kappa shape index (κ2) is 8.87. The van der Waals surface area contributed by atoms with Crippen LogP contribution in [-0.2, 0) is 13.0 Å². The second-order valence-electron chi connectivity index (χ2n) is 7.17. The lowest BCUT2D eigenvalue weighted by molar-refractivity contribution is 0.0953. The molecule has 4 rings (SSSR count). The van der Waals surface area contributed by atoms with Crippen molar-refractivity contribution in [2.45, 2.75) is 19.9 Å². The molecule has 0 aliphatic carbocycles. The van der Waals surface area contributed by atoms with E-state index < -0.39 is 0 Å². The topological polar surface area (TPSA) is 78.2 Å². The minimum absolute atomic E-state index is 0.240. The van der Waals surface area contributed by atoms with Gasteiger partial charge in [-0.15, -0.1) is 0 Å². The van der Waals surface area contributed by atoms with Gasteiger partial charge in [0.1, 0.15) is 11.4 Å². The smallest absolute Gasteiger partial charge is 0.282 e. The van der Waals surface area contributed by atoms with Crippen LogP contribution in [0.2, 0.25) is 0 Å². The van der Waals surface area contributed by atoms with E-state index in [-0.39, 0.29) is 11.5 Å². The van der Waals surface area contributed by atoms with E-state index in [2.05, 4.69) is 10.4 Å². The number of methoxy groups -OCH3 is 1. The molecule has 0 spiro atoms. The number of hydrogen-bond donors (Lipinski definition) is 1. The molecule has 0 atom stereocenters. The van der Waals surface area contributed by atoms with Crippen molar-refractivity contribution < 1.29 is 9.53 Å². The van der Waals surface area contributed by atoms with E-state index in [0.717, 1.165) is 11.3 Å². The fourth-order valence-corrected chi connectivity index (χ4v) is 3.46. The lowest BCUT2D eigenvalue weighted by Gasteiger charge is -2.11. The molecule has 2 aliphatic rings. The zero-order valence-electron chi connectivity index (χ0n) is 17.5. The quantitative estimate of drug-likeness (QED) is 0.502. The van der Waals surface area contributed by atoms with Crippen molar-refractivity contribution >= 4 is 5.91 Å². The number of hydrogen-bond acceptors (Lipinski definition) is 4. The molecule has 2 aromatic carbocycles. The summed E-state index contributed by atoms with van der Waals surface area (Å²) in [5.41, 5.74) is 2.74. The molecular weight excluding hydrogens is 392 g/mol. The van der Waals surface area contributed by atoms with E-state index >= 15 is 0 Å². The highest BCUT2D eigenvalue weighted by Gasteiger charge is 2.24. The summed E-state index contributed by atoms with van der Waals surface area (Å²) < 4.78 is 8.35. The largest absolute Gasteiger partial charge is 0.497 e. The predicted octanol–water partition coefficient (Wildman–Crippen LogP) is 3.14. The Hall–Kier alpha value is -3.87. The first-order chi connectivity index (χ1) is 15.1. The van der Waals surface area contributed by atoms with Crippen molar-refractivity contribution in [1.82, 2.24) is 19.7 Å². The summed E-state index contributed by atoms with van der Waals surface area (Å²) >= 11 is 0. The molecule has 7 nitrogen and oxygen atoms in total. The van der Waals surface area contributed by atoms with Crippen LogP contribution in [0.5, 0.6) is 5.75 Å². The van der Waals surface area contributed by atoms with Crippen LogP contribution in [0.25, 0.3) is 16.9 Å². The average Bonchev–Trinajstić information content (AvgIpc) is 3.15. The maximum Gasteiger partial charge on any atom is 0.282 e. The Labute approximate surface area is 180 Å². The molecule has 0 aromatic heterocycles. The molecule has 2 aliphatic heterocycles. The number of nitrogens with one attached hydrogen (secondary N) is 1. The van der Waals surface area contributed by atoms with Gasteiger partial charge in [0.15, 0.2) is 0 Å². The standard InChI is InChI=1S/C24H24N4O3/c1-3-27-15-20(23(29)25-14-13-17-9-11-19(31-2)12-10-17)22-21(16-27)24(30)28(26-22)18-7-5-4-6-8-18/h4-12,15-16H,3,13-14H2,1-2H3,(H,25,29). The van der Waals surface area contributed by atoms with Gasteiger partial charge in [-0.2, -0.15) is 9.78 Å². The molecule has 0 unspecified atom stereocenters. The average molecular weight is 416 g/mol. The summed E-state index contributed by atoms with van der Waals surface area (Å²) in [5, 5.41) is 7.43. The molecule has 0 fully saturated rings. The van der Waals surface area contributed by atoms with Crippen molar-refractivity contribution in [2.75, 3.05) is 13.7 Å². The van der Waals surface area contributed by atoms with Gasteiger partial charge in [-0.25, -0.2) is 0 Å². The zero-order valence-corrected chi connectivity index (χ0v) is 17.5. The highest BCUT2D eigenvalue weighted by Crippen LogP contribution is 2.22. The van der Waals surface area contributed by atoms with Crippen LogP contribution < -0.4 is 15.6 Å². The molecule has 31 heavy (non-hydrogen) atoms. The molecular formula is C24H24N4O3. The van der Waals surface area contributed by atoms with Gasteiger partial charge in [-0.3, -0.25) is 9.59 Å². The first kappa shape index (κ1) is 20.4. The number of aryl methyl sites for hydroxylation is 1. The highest BCUT2D eigenvalue weighted by molar-refractivity contribution is 5.99. The maximum atomic E-state index is 13.0. The Balaban J connectivity index is 1.59. The molecule has 2 aromatic rings. The van der Waals surface area contributed by atoms with E-state index in [1.54, 1.807) is 19.5 Å². The first-order valence-electron chi connectivity index (χ1n) is 10.2. The Morgan fingerprint density at radius 2 is 1.81 bits per heavy atom. The number of fused-ring (bicyclic) bond motifs is 1. The summed E-state index contributed by atoms with van der Waals surface area (Å²) in [6, 6.07) is 16.9. The Morgan fingerprint density at radius 1 is 1.06 bits per heavy atom. The normalized spacial score (nSPS) is 10.9. The van der Waals surface area contributed by atoms with E-state index in [9.17, 15) is 9.59 Å². The third-order valence-electron chi connectivity index (χ3n) is 5.19. The summed E-state index contributed by atoms with van der Waals surface area (Å²) in [6.07, 6.45) is 4.18. The number of carbonyl (C=O) groups is 1. The first-order valence-corrected chi connectivity index (χ1v) is 10.2. The van der Waals surface area contributed by atoms with E-state index in [1.165, 1.54) is 4.68 Å². The minimum Gasteiger partial charge on any atom is -0.497 e. The monoisotopic (exact) mass is 416 g/mol. The van der Waals surface area contributed by atoms with Crippen LogP contribution in [0.1, 0.15) is 22.8 Å². The number of rotatable bonds is 7. The Kier molecular flexibility index (Phi) is 5.84. The van der Waals surface area contributed by atoms with E-state index in [0.29, 0.717) is 42.0 Å². The molecule has 0 saturated heterocycles. The van der Waals surface area contributed by atoms with Crippen LogP contribution in [0.15, 0.2) is 71.8 Å². The van der Waals surface area contributed by atoms with Crippen molar-refractivity contribution in [2.24, 2.45) is 0 Å². The van der Waals surface area contributed by atoms with Crippen LogP contribution >= 0.6 is 0 Å². The molecule has 0 radical (unpaired) electrons. The van der Waals surface area contributed by atoms with Gasteiger partial charge in [-0.1, -0.05) is 30.3 Å². The SMILES string of the molecule is CCn1cc(C(=O)NCCc2ccc(OC)cc2)c2nn(-c3ccccc3)c(=O)c-2c1. The summed E-state index contributed by atoms with van der Waals surface area (Å²) in [4.78, 5) is 25.9. The summed E-state index contributed by atoms with van der Waals surface area (Å²) in [5.74, 6) is 0.546. The van der Waals surface area contributed by atoms with Gasteiger partial charge in [0.2, 0.25) is 0 Å². The van der Waals surface area contributed by atoms with Crippen LogP contribution in [0, 0.1) is 0 Å². The molecule has 2 heterocycles. The Bertz CT molecular complexity index is 1210. The zero-order chi connectivity index (χ0) is 21.8. The number of aromatic nitrogens is 3.